The van der Waals surface area contributed by atoms with Crippen molar-refractivity contribution in [1.82, 2.24) is 0 Å². The van der Waals surface area contributed by atoms with Gasteiger partial charge in [0.25, 0.3) is 5.91 Å². The number of anilines is 1. The molecule has 1 amide bonds. The molecule has 2 atom stereocenters. The predicted molar refractivity (Wildman–Crippen MR) is 121 cm³/mol. The summed E-state index contributed by atoms with van der Waals surface area (Å²) in [4.78, 5) is 18.8. The number of carbonyl (C=O) groups is 1. The molecule has 2 aromatic carbocycles. The average molecular weight is 445 g/mol. The number of ether oxygens (including phenoxy) is 1. The zero-order valence-electron chi connectivity index (χ0n) is 17.1. The molecule has 0 spiro atoms. The first-order valence-corrected chi connectivity index (χ1v) is 12.4. The van der Waals surface area contributed by atoms with Crippen LogP contribution >= 0.6 is 11.8 Å². The molecule has 2 aliphatic heterocycles. The Morgan fingerprint density at radius 1 is 1.03 bits per heavy atom. The molecular weight excluding hydrogens is 420 g/mol. The zero-order valence-corrected chi connectivity index (χ0v) is 18.7. The van der Waals surface area contributed by atoms with Gasteiger partial charge in [0.05, 0.1) is 17.5 Å². The molecule has 0 radical (unpaired) electrons. The van der Waals surface area contributed by atoms with Gasteiger partial charge in [-0.3, -0.25) is 4.79 Å². The summed E-state index contributed by atoms with van der Waals surface area (Å²) in [7, 11) is -3.10. The molecule has 30 heavy (non-hydrogen) atoms. The zero-order chi connectivity index (χ0) is 21.5. The lowest BCUT2D eigenvalue weighted by atomic mass is 9.96. The number of thioether (sulfide) groups is 1. The van der Waals surface area contributed by atoms with Gasteiger partial charge in [-0.25, -0.2) is 8.42 Å². The van der Waals surface area contributed by atoms with Crippen molar-refractivity contribution in [3.63, 3.8) is 0 Å². The Morgan fingerprint density at radius 2 is 1.67 bits per heavy atom. The lowest BCUT2D eigenvalue weighted by Gasteiger charge is -2.25. The molecule has 0 bridgehead atoms. The van der Waals surface area contributed by atoms with Gasteiger partial charge in [0.2, 0.25) is 0 Å². The van der Waals surface area contributed by atoms with Gasteiger partial charge in [-0.15, -0.1) is 0 Å². The first-order chi connectivity index (χ1) is 14.1. The van der Waals surface area contributed by atoms with E-state index in [-0.39, 0.29) is 28.7 Å². The van der Waals surface area contributed by atoms with Crippen LogP contribution in [0.4, 0.5) is 5.69 Å². The van der Waals surface area contributed by atoms with Crippen LogP contribution in [0.2, 0.25) is 0 Å². The van der Waals surface area contributed by atoms with Crippen LogP contribution < -0.4 is 9.64 Å². The maximum Gasteiger partial charge on any atom is 0.253 e. The van der Waals surface area contributed by atoms with Crippen LogP contribution in [0.5, 0.6) is 11.5 Å². The second-order valence-electron chi connectivity index (χ2n) is 8.53. The van der Waals surface area contributed by atoms with Crippen molar-refractivity contribution in [1.29, 1.82) is 0 Å². The third-order valence-corrected chi connectivity index (χ3v) is 8.21. The maximum absolute atomic E-state index is 12.5. The van der Waals surface area contributed by atoms with Crippen LogP contribution in [0.15, 0.2) is 59.6 Å². The number of benzene rings is 2. The van der Waals surface area contributed by atoms with E-state index in [0.717, 1.165) is 11.4 Å². The molecule has 8 heteroatoms. The van der Waals surface area contributed by atoms with E-state index < -0.39 is 15.3 Å². The number of hydrogen-bond acceptors (Lipinski definition) is 5. The van der Waals surface area contributed by atoms with Crippen LogP contribution in [0.3, 0.4) is 0 Å². The van der Waals surface area contributed by atoms with E-state index in [4.69, 9.17) is 4.74 Å². The molecule has 0 unspecified atom stereocenters. The number of amidine groups is 1. The number of carbonyl (C=O) groups excluding carboxylic acids is 1. The number of sulfone groups is 1. The SMILES string of the molecule is CC(C)(C)C(=O)N=C1S[C@H]2CS(=O)(=O)C[C@H]2N1c1ccc(Oc2ccccc2)cc1. The molecule has 4 rings (SSSR count). The minimum atomic E-state index is -3.10. The van der Waals surface area contributed by atoms with Gasteiger partial charge in [-0.2, -0.15) is 4.99 Å². The Bertz CT molecular complexity index is 1070. The van der Waals surface area contributed by atoms with Crippen molar-refractivity contribution >= 4 is 38.4 Å². The number of aliphatic imine (C=N–C) groups is 1. The average Bonchev–Trinajstić information content (AvgIpc) is 3.13. The summed E-state index contributed by atoms with van der Waals surface area (Å²) in [5.41, 5.74) is 0.198. The third-order valence-electron chi connectivity index (χ3n) is 5.00. The summed E-state index contributed by atoms with van der Waals surface area (Å²) in [6, 6.07) is 16.7. The van der Waals surface area contributed by atoms with Crippen LogP contribution in [0, 0.1) is 5.41 Å². The Labute approximate surface area is 181 Å². The van der Waals surface area contributed by atoms with Crippen molar-refractivity contribution in [2.45, 2.75) is 32.1 Å². The van der Waals surface area contributed by atoms with E-state index in [1.54, 1.807) is 0 Å². The van der Waals surface area contributed by atoms with Crippen LogP contribution in [-0.4, -0.2) is 42.3 Å². The number of para-hydroxylation sites is 1. The topological polar surface area (TPSA) is 76.0 Å². The van der Waals surface area contributed by atoms with Crippen molar-refractivity contribution in [2.24, 2.45) is 10.4 Å². The number of nitrogens with zero attached hydrogens (tertiary/aromatic N) is 2. The summed E-state index contributed by atoms with van der Waals surface area (Å²) < 4.78 is 30.2. The molecule has 2 aromatic rings. The Hall–Kier alpha value is -2.32. The fraction of sp³-hybridized carbons (Fsp3) is 0.364. The van der Waals surface area contributed by atoms with E-state index in [1.807, 2.05) is 80.3 Å². The highest BCUT2D eigenvalue weighted by Crippen LogP contribution is 2.41. The minimum absolute atomic E-state index is 0.0651. The van der Waals surface area contributed by atoms with E-state index in [1.165, 1.54) is 11.8 Å². The van der Waals surface area contributed by atoms with Gasteiger partial charge in [0, 0.05) is 16.4 Å². The highest BCUT2D eigenvalue weighted by Gasteiger charge is 2.49. The van der Waals surface area contributed by atoms with Crippen molar-refractivity contribution in [2.75, 3.05) is 16.4 Å². The van der Waals surface area contributed by atoms with E-state index in [0.29, 0.717) is 10.9 Å². The molecule has 6 nitrogen and oxygen atoms in total. The van der Waals surface area contributed by atoms with Gasteiger partial charge in [-0.1, -0.05) is 50.7 Å². The summed E-state index contributed by atoms with van der Waals surface area (Å²) in [5, 5.41) is 0.443. The fourth-order valence-corrected chi connectivity index (χ4v) is 7.33. The molecule has 2 heterocycles. The normalized spacial score (nSPS) is 24.1. The molecule has 2 aliphatic rings. The predicted octanol–water partition coefficient (Wildman–Crippen LogP) is 4.13. The van der Waals surface area contributed by atoms with Gasteiger partial charge < -0.3 is 9.64 Å². The van der Waals surface area contributed by atoms with Gasteiger partial charge in [0.1, 0.15) is 11.5 Å². The first kappa shape index (κ1) is 20.9. The summed E-state index contributed by atoms with van der Waals surface area (Å²) in [6.07, 6.45) is 0. The lowest BCUT2D eigenvalue weighted by Crippen LogP contribution is -2.38. The third kappa shape index (κ3) is 4.39. The quantitative estimate of drug-likeness (QED) is 0.709. The smallest absolute Gasteiger partial charge is 0.253 e. The number of hydrogen-bond donors (Lipinski definition) is 0. The Morgan fingerprint density at radius 3 is 2.30 bits per heavy atom. The molecule has 0 aromatic heterocycles. The standard InChI is InChI=1S/C22H24N2O4S2/c1-22(2,3)20(25)23-21-24(18-13-30(26,27)14-19(18)29-21)15-9-11-17(12-10-15)28-16-7-5-4-6-8-16/h4-12,18-19H,13-14H2,1-3H3/t18-,19+/m1/s1. The molecular formula is C22H24N2O4S2. The number of amides is 1. The molecule has 2 fully saturated rings. The lowest BCUT2D eigenvalue weighted by molar-refractivity contribution is -0.124. The molecule has 2 saturated heterocycles. The highest BCUT2D eigenvalue weighted by molar-refractivity contribution is 8.16. The molecule has 0 saturated carbocycles. The molecule has 0 N–H and O–H groups in total. The largest absolute Gasteiger partial charge is 0.457 e. The highest BCUT2D eigenvalue weighted by atomic mass is 32.2. The van der Waals surface area contributed by atoms with E-state index >= 15 is 0 Å². The Kier molecular flexibility index (Phi) is 5.40. The molecule has 0 aliphatic carbocycles. The maximum atomic E-state index is 12.5. The second kappa shape index (κ2) is 7.74. The van der Waals surface area contributed by atoms with Gasteiger partial charge in [0.15, 0.2) is 15.0 Å². The van der Waals surface area contributed by atoms with Gasteiger partial charge in [-0.05, 0) is 36.4 Å². The number of fused-ring (bicyclic) bond motifs is 1. The first-order valence-electron chi connectivity index (χ1n) is 9.75. The monoisotopic (exact) mass is 444 g/mol. The Balaban J connectivity index is 1.64. The van der Waals surface area contributed by atoms with E-state index in [9.17, 15) is 13.2 Å². The van der Waals surface area contributed by atoms with Crippen molar-refractivity contribution in [3.8, 4) is 11.5 Å². The van der Waals surface area contributed by atoms with Crippen LogP contribution in [0.25, 0.3) is 0 Å². The summed E-state index contributed by atoms with van der Waals surface area (Å²) in [5.74, 6) is 1.37. The molecule has 158 valence electrons. The second-order valence-corrected chi connectivity index (χ2v) is 11.9. The minimum Gasteiger partial charge on any atom is -0.457 e. The van der Waals surface area contributed by atoms with Gasteiger partial charge >= 0.3 is 0 Å². The summed E-state index contributed by atoms with van der Waals surface area (Å²) in [6.45, 7) is 5.47. The van der Waals surface area contributed by atoms with Crippen molar-refractivity contribution in [3.05, 3.63) is 54.6 Å². The fourth-order valence-electron chi connectivity index (χ4n) is 3.42. The van der Waals surface area contributed by atoms with E-state index in [2.05, 4.69) is 4.99 Å². The van der Waals surface area contributed by atoms with Crippen LogP contribution in [-0.2, 0) is 14.6 Å². The number of rotatable bonds is 3. The van der Waals surface area contributed by atoms with Crippen LogP contribution in [0.1, 0.15) is 20.8 Å². The summed E-state index contributed by atoms with van der Waals surface area (Å²) >= 11 is 1.38. The van der Waals surface area contributed by atoms with Crippen molar-refractivity contribution < 1.29 is 17.9 Å².